The van der Waals surface area contributed by atoms with E-state index in [1.54, 1.807) is 18.4 Å². The van der Waals surface area contributed by atoms with Crippen molar-refractivity contribution < 1.29 is 14.3 Å². The summed E-state index contributed by atoms with van der Waals surface area (Å²) < 4.78 is 10.6. The predicted molar refractivity (Wildman–Crippen MR) is 95.1 cm³/mol. The molecule has 1 saturated heterocycles. The molecule has 7 heteroatoms. The highest BCUT2D eigenvalue weighted by Crippen LogP contribution is 2.22. The summed E-state index contributed by atoms with van der Waals surface area (Å²) in [7, 11) is 1.68. The average Bonchev–Trinajstić information content (AvgIpc) is 2.90. The van der Waals surface area contributed by atoms with E-state index in [4.69, 9.17) is 9.47 Å². The van der Waals surface area contributed by atoms with E-state index >= 15 is 0 Å². The molecule has 0 spiro atoms. The predicted octanol–water partition coefficient (Wildman–Crippen LogP) is 3.12. The number of methoxy groups -OCH3 is 1. The van der Waals surface area contributed by atoms with Crippen molar-refractivity contribution in [3.05, 3.63) is 16.1 Å². The van der Waals surface area contributed by atoms with Gasteiger partial charge in [0.2, 0.25) is 0 Å². The van der Waals surface area contributed by atoms with E-state index in [-0.39, 0.29) is 18.2 Å². The lowest BCUT2D eigenvalue weighted by Crippen LogP contribution is -2.59. The number of amides is 1. The SMILES string of the molecule is COCc1nc(CN2CCN(C(=O)OC(C)(C)C)[C@H](C)[C@H]2C)cs1. The van der Waals surface area contributed by atoms with Crippen molar-refractivity contribution in [2.75, 3.05) is 20.2 Å². The lowest BCUT2D eigenvalue weighted by molar-refractivity contribution is -0.0146. The van der Waals surface area contributed by atoms with Crippen LogP contribution in [-0.2, 0) is 22.6 Å². The van der Waals surface area contributed by atoms with Crippen LogP contribution in [0.25, 0.3) is 0 Å². The lowest BCUT2D eigenvalue weighted by Gasteiger charge is -2.44. The van der Waals surface area contributed by atoms with Crippen LogP contribution >= 0.6 is 11.3 Å². The fourth-order valence-corrected chi connectivity index (χ4v) is 3.58. The van der Waals surface area contributed by atoms with Crippen molar-refractivity contribution in [2.45, 2.75) is 65.5 Å². The van der Waals surface area contributed by atoms with Gasteiger partial charge in [0.25, 0.3) is 0 Å². The minimum Gasteiger partial charge on any atom is -0.444 e. The standard InChI is InChI=1S/C17H29N3O3S/c1-12-13(2)20(16(21)23-17(3,4)5)8-7-19(12)9-14-11-24-15(18-14)10-22-6/h11-13H,7-10H2,1-6H3/t12-,13-/m1/s1. The Kier molecular flexibility index (Phi) is 6.22. The van der Waals surface area contributed by atoms with Gasteiger partial charge in [0.15, 0.2) is 0 Å². The number of carbonyl (C=O) groups is 1. The smallest absolute Gasteiger partial charge is 0.410 e. The highest BCUT2D eigenvalue weighted by atomic mass is 32.1. The Hall–Kier alpha value is -1.18. The molecule has 6 nitrogen and oxygen atoms in total. The first-order valence-electron chi connectivity index (χ1n) is 8.37. The largest absolute Gasteiger partial charge is 0.444 e. The molecule has 2 rings (SSSR count). The molecule has 0 unspecified atom stereocenters. The normalized spacial score (nSPS) is 22.7. The molecule has 1 aromatic rings. The second-order valence-electron chi connectivity index (χ2n) is 7.29. The minimum absolute atomic E-state index is 0.102. The van der Waals surface area contributed by atoms with E-state index < -0.39 is 5.60 Å². The van der Waals surface area contributed by atoms with Gasteiger partial charge in [-0.2, -0.15) is 0 Å². The van der Waals surface area contributed by atoms with Crippen molar-refractivity contribution in [1.29, 1.82) is 0 Å². The lowest BCUT2D eigenvalue weighted by atomic mass is 10.0. The third-order valence-electron chi connectivity index (χ3n) is 4.25. The Morgan fingerprint density at radius 1 is 1.33 bits per heavy atom. The maximum absolute atomic E-state index is 12.4. The molecule has 1 aliphatic heterocycles. The van der Waals surface area contributed by atoms with E-state index in [1.807, 2.05) is 25.7 Å². The molecule has 136 valence electrons. The third-order valence-corrected chi connectivity index (χ3v) is 5.13. The van der Waals surface area contributed by atoms with Gasteiger partial charge in [-0.05, 0) is 34.6 Å². The van der Waals surface area contributed by atoms with Crippen LogP contribution in [0.4, 0.5) is 4.79 Å². The van der Waals surface area contributed by atoms with Crippen LogP contribution in [-0.4, -0.2) is 58.8 Å². The Bertz CT molecular complexity index is 556. The molecule has 1 aliphatic rings. The summed E-state index contributed by atoms with van der Waals surface area (Å²) in [6.07, 6.45) is -0.225. The van der Waals surface area contributed by atoms with Gasteiger partial charge >= 0.3 is 6.09 Å². The first-order valence-corrected chi connectivity index (χ1v) is 9.25. The van der Waals surface area contributed by atoms with Crippen molar-refractivity contribution in [1.82, 2.24) is 14.8 Å². The highest BCUT2D eigenvalue weighted by Gasteiger charge is 2.35. The van der Waals surface area contributed by atoms with Gasteiger partial charge in [-0.25, -0.2) is 9.78 Å². The summed E-state index contributed by atoms with van der Waals surface area (Å²) in [5.74, 6) is 0. The first kappa shape index (κ1) is 19.1. The quantitative estimate of drug-likeness (QED) is 0.831. The monoisotopic (exact) mass is 355 g/mol. The third kappa shape index (κ3) is 4.91. The Morgan fingerprint density at radius 3 is 2.67 bits per heavy atom. The number of piperazine rings is 1. The molecule has 1 aromatic heterocycles. The van der Waals surface area contributed by atoms with Crippen LogP contribution in [0.1, 0.15) is 45.3 Å². The molecule has 0 aliphatic carbocycles. The van der Waals surface area contributed by atoms with Gasteiger partial charge in [0, 0.05) is 44.2 Å². The number of nitrogens with zero attached hydrogens (tertiary/aromatic N) is 3. The molecule has 0 aromatic carbocycles. The number of hydrogen-bond donors (Lipinski definition) is 0. The maximum atomic E-state index is 12.4. The number of hydrogen-bond acceptors (Lipinski definition) is 6. The van der Waals surface area contributed by atoms with Gasteiger partial charge in [-0.1, -0.05) is 0 Å². The second kappa shape index (κ2) is 7.80. The molecule has 0 N–H and O–H groups in total. The zero-order valence-corrected chi connectivity index (χ0v) is 16.4. The maximum Gasteiger partial charge on any atom is 0.410 e. The number of aromatic nitrogens is 1. The van der Waals surface area contributed by atoms with Crippen molar-refractivity contribution in [3.8, 4) is 0 Å². The molecular weight excluding hydrogens is 326 g/mol. The number of carbonyl (C=O) groups excluding carboxylic acids is 1. The van der Waals surface area contributed by atoms with Crippen LogP contribution in [0.3, 0.4) is 0 Å². The summed E-state index contributed by atoms with van der Waals surface area (Å²) in [6.45, 7) is 12.8. The van der Waals surface area contributed by atoms with Crippen molar-refractivity contribution in [2.24, 2.45) is 0 Å². The van der Waals surface area contributed by atoms with Crippen molar-refractivity contribution in [3.63, 3.8) is 0 Å². The Balaban J connectivity index is 1.96. The summed E-state index contributed by atoms with van der Waals surface area (Å²) in [4.78, 5) is 21.2. The summed E-state index contributed by atoms with van der Waals surface area (Å²) >= 11 is 1.63. The van der Waals surface area contributed by atoms with Gasteiger partial charge < -0.3 is 14.4 Å². The van der Waals surface area contributed by atoms with E-state index in [9.17, 15) is 4.79 Å². The topological polar surface area (TPSA) is 54.9 Å². The summed E-state index contributed by atoms with van der Waals surface area (Å²) in [6, 6.07) is 0.351. The molecular formula is C17H29N3O3S. The van der Waals surface area contributed by atoms with Crippen LogP contribution in [0.5, 0.6) is 0 Å². The molecule has 0 saturated carbocycles. The number of rotatable bonds is 4. The van der Waals surface area contributed by atoms with Crippen LogP contribution < -0.4 is 0 Å². The van der Waals surface area contributed by atoms with Crippen LogP contribution in [0.2, 0.25) is 0 Å². The van der Waals surface area contributed by atoms with E-state index in [0.717, 1.165) is 23.8 Å². The van der Waals surface area contributed by atoms with Crippen molar-refractivity contribution >= 4 is 17.4 Å². The second-order valence-corrected chi connectivity index (χ2v) is 8.23. The molecule has 0 radical (unpaired) electrons. The molecule has 1 fully saturated rings. The van der Waals surface area contributed by atoms with Gasteiger partial charge in [0.1, 0.15) is 10.6 Å². The van der Waals surface area contributed by atoms with Gasteiger partial charge in [0.05, 0.1) is 12.3 Å². The number of ether oxygens (including phenoxy) is 2. The summed E-state index contributed by atoms with van der Waals surface area (Å²) in [5, 5.41) is 3.09. The summed E-state index contributed by atoms with van der Waals surface area (Å²) in [5.41, 5.74) is 0.604. The minimum atomic E-state index is -0.463. The molecule has 1 amide bonds. The zero-order chi connectivity index (χ0) is 17.9. The molecule has 0 bridgehead atoms. The van der Waals surface area contributed by atoms with E-state index in [0.29, 0.717) is 13.2 Å². The molecule has 24 heavy (non-hydrogen) atoms. The zero-order valence-electron chi connectivity index (χ0n) is 15.5. The van der Waals surface area contributed by atoms with Gasteiger partial charge in [-0.3, -0.25) is 4.90 Å². The highest BCUT2D eigenvalue weighted by molar-refractivity contribution is 7.09. The van der Waals surface area contributed by atoms with Gasteiger partial charge in [-0.15, -0.1) is 11.3 Å². The Morgan fingerprint density at radius 2 is 2.04 bits per heavy atom. The van der Waals surface area contributed by atoms with Crippen LogP contribution in [0, 0.1) is 0 Å². The fraction of sp³-hybridized carbons (Fsp3) is 0.765. The van der Waals surface area contributed by atoms with E-state index in [2.05, 4.69) is 29.1 Å². The van der Waals surface area contributed by atoms with E-state index in [1.165, 1.54) is 0 Å². The van der Waals surface area contributed by atoms with Crippen LogP contribution in [0.15, 0.2) is 5.38 Å². The Labute approximate surface area is 148 Å². The first-order chi connectivity index (χ1) is 11.2. The molecule has 2 atom stereocenters. The fourth-order valence-electron chi connectivity index (χ4n) is 2.83. The molecule has 2 heterocycles. The number of thiazole rings is 1. The average molecular weight is 356 g/mol.